The van der Waals surface area contributed by atoms with Crippen LogP contribution in [0.2, 0.25) is 0 Å². The predicted molar refractivity (Wildman–Crippen MR) is 62.2 cm³/mol. The van der Waals surface area contributed by atoms with Gasteiger partial charge in [-0.3, -0.25) is 0 Å². The van der Waals surface area contributed by atoms with Crippen LogP contribution in [0.15, 0.2) is 24.3 Å². The molecule has 1 unspecified atom stereocenters. The Labute approximate surface area is 108 Å². The summed E-state index contributed by atoms with van der Waals surface area (Å²) in [4.78, 5) is 0. The van der Waals surface area contributed by atoms with Gasteiger partial charge < -0.3 is 10.4 Å². The normalized spacial score (nSPS) is 24.9. The largest absolute Gasteiger partial charge is 0.415 e. The molecule has 1 aliphatic rings. The van der Waals surface area contributed by atoms with Crippen LogP contribution in [-0.2, 0) is 0 Å². The Morgan fingerprint density at radius 1 is 1.32 bits per heavy atom. The minimum atomic E-state index is -4.58. The molecule has 1 aromatic rings. The summed E-state index contributed by atoms with van der Waals surface area (Å²) in [6.45, 7) is -0.496. The quantitative estimate of drug-likeness (QED) is 0.829. The van der Waals surface area contributed by atoms with Gasteiger partial charge >= 0.3 is 6.18 Å². The second-order valence-electron chi connectivity index (χ2n) is 4.89. The van der Waals surface area contributed by atoms with Gasteiger partial charge in [0.1, 0.15) is 5.82 Å². The molecular formula is C13H15F4NO. The smallest absolute Gasteiger partial charge is 0.382 e. The maximum Gasteiger partial charge on any atom is 0.415 e. The standard InChI is InChI=1S/C13H15F4NO/c14-10-3-1-2-8(4-10)9-5-11(6-9)18-7-12(19)13(15,16)17/h1-4,9,11-12,18-19H,5-7H2. The third kappa shape index (κ3) is 3.67. The molecule has 0 aromatic heterocycles. The van der Waals surface area contributed by atoms with Crippen molar-refractivity contribution in [3.8, 4) is 0 Å². The van der Waals surface area contributed by atoms with E-state index in [-0.39, 0.29) is 17.8 Å². The van der Waals surface area contributed by atoms with Crippen LogP contribution in [0.3, 0.4) is 0 Å². The van der Waals surface area contributed by atoms with Gasteiger partial charge in [0, 0.05) is 12.6 Å². The Morgan fingerprint density at radius 2 is 2.00 bits per heavy atom. The Bertz CT molecular complexity index is 429. The number of nitrogens with one attached hydrogen (secondary N) is 1. The fourth-order valence-electron chi connectivity index (χ4n) is 2.21. The van der Waals surface area contributed by atoms with Crippen molar-refractivity contribution in [2.24, 2.45) is 0 Å². The summed E-state index contributed by atoms with van der Waals surface area (Å²) in [5.41, 5.74) is 0.870. The first kappa shape index (κ1) is 14.3. The molecule has 0 amide bonds. The Kier molecular flexibility index (Phi) is 4.10. The zero-order valence-corrected chi connectivity index (χ0v) is 10.1. The second kappa shape index (κ2) is 5.46. The molecule has 0 heterocycles. The maximum absolute atomic E-state index is 13.0. The highest BCUT2D eigenvalue weighted by molar-refractivity contribution is 5.23. The number of rotatable bonds is 4. The highest BCUT2D eigenvalue weighted by atomic mass is 19.4. The lowest BCUT2D eigenvalue weighted by Crippen LogP contribution is -2.46. The number of halogens is 4. The van der Waals surface area contributed by atoms with E-state index in [2.05, 4.69) is 5.32 Å². The average Bonchev–Trinajstić information content (AvgIpc) is 2.25. The van der Waals surface area contributed by atoms with E-state index >= 15 is 0 Å². The average molecular weight is 277 g/mol. The molecule has 106 valence electrons. The van der Waals surface area contributed by atoms with Crippen LogP contribution in [0.25, 0.3) is 0 Å². The van der Waals surface area contributed by atoms with Gasteiger partial charge in [0.25, 0.3) is 0 Å². The molecular weight excluding hydrogens is 262 g/mol. The first-order valence-electron chi connectivity index (χ1n) is 6.10. The van der Waals surface area contributed by atoms with Gasteiger partial charge in [0.05, 0.1) is 0 Å². The van der Waals surface area contributed by atoms with Crippen LogP contribution >= 0.6 is 0 Å². The van der Waals surface area contributed by atoms with Crippen LogP contribution in [0, 0.1) is 5.82 Å². The van der Waals surface area contributed by atoms with Crippen molar-refractivity contribution >= 4 is 0 Å². The molecule has 1 atom stereocenters. The lowest BCUT2D eigenvalue weighted by atomic mass is 9.76. The predicted octanol–water partition coefficient (Wildman–Crippen LogP) is 2.58. The van der Waals surface area contributed by atoms with Crippen molar-refractivity contribution in [1.29, 1.82) is 0 Å². The minimum absolute atomic E-state index is 0.0507. The van der Waals surface area contributed by atoms with Crippen molar-refractivity contribution < 1.29 is 22.7 Å². The molecule has 0 radical (unpaired) electrons. The zero-order chi connectivity index (χ0) is 14.0. The molecule has 0 spiro atoms. The van der Waals surface area contributed by atoms with Crippen LogP contribution in [0.5, 0.6) is 0 Å². The second-order valence-corrected chi connectivity index (χ2v) is 4.89. The van der Waals surface area contributed by atoms with Gasteiger partial charge in [0.2, 0.25) is 0 Å². The van der Waals surface area contributed by atoms with E-state index in [1.807, 2.05) is 6.07 Å². The molecule has 2 N–H and O–H groups in total. The van der Waals surface area contributed by atoms with Crippen molar-refractivity contribution in [3.05, 3.63) is 35.6 Å². The van der Waals surface area contributed by atoms with E-state index in [4.69, 9.17) is 5.11 Å². The fraction of sp³-hybridized carbons (Fsp3) is 0.538. The minimum Gasteiger partial charge on any atom is -0.382 e. The fourth-order valence-corrected chi connectivity index (χ4v) is 2.21. The number of hydrogen-bond donors (Lipinski definition) is 2. The molecule has 6 heteroatoms. The molecule has 2 nitrogen and oxygen atoms in total. The zero-order valence-electron chi connectivity index (χ0n) is 10.1. The SMILES string of the molecule is OC(CNC1CC(c2cccc(F)c2)C1)C(F)(F)F. The lowest BCUT2D eigenvalue weighted by Gasteiger charge is -2.37. The van der Waals surface area contributed by atoms with Crippen molar-refractivity contribution in [2.75, 3.05) is 6.54 Å². The summed E-state index contributed by atoms with van der Waals surface area (Å²) in [7, 11) is 0. The number of aliphatic hydroxyl groups excluding tert-OH is 1. The lowest BCUT2D eigenvalue weighted by molar-refractivity contribution is -0.202. The number of alkyl halides is 3. The third-order valence-corrected chi connectivity index (χ3v) is 3.44. The topological polar surface area (TPSA) is 32.3 Å². The first-order chi connectivity index (χ1) is 8.86. The number of benzene rings is 1. The summed E-state index contributed by atoms with van der Waals surface area (Å²) in [5.74, 6) is -0.127. The van der Waals surface area contributed by atoms with Gasteiger partial charge in [0.15, 0.2) is 6.10 Å². The summed E-state index contributed by atoms with van der Waals surface area (Å²) >= 11 is 0. The number of aliphatic hydroxyl groups is 1. The Balaban J connectivity index is 1.75. The highest BCUT2D eigenvalue weighted by Gasteiger charge is 2.39. The Morgan fingerprint density at radius 3 is 2.58 bits per heavy atom. The number of hydrogen-bond acceptors (Lipinski definition) is 2. The van der Waals surface area contributed by atoms with E-state index in [1.165, 1.54) is 12.1 Å². The van der Waals surface area contributed by atoms with E-state index in [0.717, 1.165) is 5.56 Å². The van der Waals surface area contributed by atoms with Crippen molar-refractivity contribution in [2.45, 2.75) is 37.1 Å². The molecule has 1 aliphatic carbocycles. The van der Waals surface area contributed by atoms with Gasteiger partial charge in [-0.1, -0.05) is 12.1 Å². The van der Waals surface area contributed by atoms with E-state index in [0.29, 0.717) is 12.8 Å². The van der Waals surface area contributed by atoms with Crippen LogP contribution in [-0.4, -0.2) is 30.0 Å². The molecule has 0 aliphatic heterocycles. The molecule has 19 heavy (non-hydrogen) atoms. The van der Waals surface area contributed by atoms with Gasteiger partial charge in [-0.05, 0) is 36.5 Å². The third-order valence-electron chi connectivity index (χ3n) is 3.44. The van der Waals surface area contributed by atoms with E-state index in [9.17, 15) is 17.6 Å². The summed E-state index contributed by atoms with van der Waals surface area (Å²) in [6, 6.07) is 6.20. The van der Waals surface area contributed by atoms with Gasteiger partial charge in [-0.15, -0.1) is 0 Å². The van der Waals surface area contributed by atoms with Crippen LogP contribution < -0.4 is 5.32 Å². The van der Waals surface area contributed by atoms with Crippen molar-refractivity contribution in [1.82, 2.24) is 5.32 Å². The van der Waals surface area contributed by atoms with Gasteiger partial charge in [-0.2, -0.15) is 13.2 Å². The first-order valence-corrected chi connectivity index (χ1v) is 6.10. The van der Waals surface area contributed by atoms with Crippen LogP contribution in [0.1, 0.15) is 24.3 Å². The molecule has 0 bridgehead atoms. The monoisotopic (exact) mass is 277 g/mol. The van der Waals surface area contributed by atoms with E-state index < -0.39 is 18.8 Å². The maximum atomic E-state index is 13.0. The summed E-state index contributed by atoms with van der Waals surface area (Å²) < 4.78 is 49.2. The molecule has 0 saturated heterocycles. The molecule has 1 aromatic carbocycles. The summed E-state index contributed by atoms with van der Waals surface area (Å²) in [6.07, 6.45) is -5.60. The molecule has 1 saturated carbocycles. The molecule has 2 rings (SSSR count). The summed E-state index contributed by atoms with van der Waals surface area (Å²) in [5, 5.41) is 11.5. The Hall–Kier alpha value is -1.14. The van der Waals surface area contributed by atoms with E-state index in [1.54, 1.807) is 6.07 Å². The molecule has 1 fully saturated rings. The van der Waals surface area contributed by atoms with Crippen molar-refractivity contribution in [3.63, 3.8) is 0 Å². The van der Waals surface area contributed by atoms with Gasteiger partial charge in [-0.25, -0.2) is 4.39 Å². The van der Waals surface area contributed by atoms with Crippen LogP contribution in [0.4, 0.5) is 17.6 Å². The highest BCUT2D eigenvalue weighted by Crippen LogP contribution is 2.37.